The third-order valence-corrected chi connectivity index (χ3v) is 2.43. The van der Waals surface area contributed by atoms with Crippen molar-refractivity contribution < 1.29 is 9.59 Å². The van der Waals surface area contributed by atoms with Crippen LogP contribution < -0.4 is 0 Å². The van der Waals surface area contributed by atoms with E-state index < -0.39 is 11.6 Å². The Labute approximate surface area is 90.6 Å². The van der Waals surface area contributed by atoms with Crippen LogP contribution in [-0.2, 0) is 0 Å². The molecule has 0 radical (unpaired) electrons. The molecule has 0 aromatic heterocycles. The molecule has 0 N–H and O–H groups in total. The quantitative estimate of drug-likeness (QED) is 0.668. The van der Waals surface area contributed by atoms with E-state index in [4.69, 9.17) is 16.9 Å². The molecule has 0 fully saturated rings. The van der Waals surface area contributed by atoms with Crippen LogP contribution >= 0.6 is 11.6 Å². The van der Waals surface area contributed by atoms with Crippen LogP contribution in [0.3, 0.4) is 0 Å². The highest BCUT2D eigenvalue weighted by Gasteiger charge is 2.26. The van der Waals surface area contributed by atoms with E-state index in [0.29, 0.717) is 0 Å². The summed E-state index contributed by atoms with van der Waals surface area (Å²) in [4.78, 5) is 23.1. The van der Waals surface area contributed by atoms with Gasteiger partial charge in [-0.3, -0.25) is 9.59 Å². The maximum Gasteiger partial charge on any atom is 0.205 e. The van der Waals surface area contributed by atoms with Crippen molar-refractivity contribution in [3.63, 3.8) is 0 Å². The summed E-state index contributed by atoms with van der Waals surface area (Å²) in [6.07, 6.45) is 1.05. The van der Waals surface area contributed by atoms with E-state index in [1.807, 2.05) is 6.07 Å². The van der Waals surface area contributed by atoms with Gasteiger partial charge in [0.2, 0.25) is 5.78 Å². The fourth-order valence-electron chi connectivity index (χ4n) is 1.48. The normalized spacial score (nSPS) is 14.3. The second-order valence-corrected chi connectivity index (χ2v) is 3.43. The van der Waals surface area contributed by atoms with E-state index in [0.717, 1.165) is 6.08 Å². The molecular weight excluding hydrogens is 214 g/mol. The average molecular weight is 218 g/mol. The van der Waals surface area contributed by atoms with Gasteiger partial charge in [0.1, 0.15) is 0 Å². The van der Waals surface area contributed by atoms with E-state index in [1.165, 1.54) is 12.1 Å². The number of rotatable bonds is 0. The molecule has 72 valence electrons. The van der Waals surface area contributed by atoms with Gasteiger partial charge >= 0.3 is 0 Å². The third kappa shape index (κ3) is 1.36. The Bertz CT molecular complexity index is 552. The molecule has 0 heterocycles. The van der Waals surface area contributed by atoms with Crippen LogP contribution in [0.25, 0.3) is 0 Å². The Kier molecular flexibility index (Phi) is 2.14. The summed E-state index contributed by atoms with van der Waals surface area (Å²) in [5.74, 6) is -0.810. The Hall–Kier alpha value is -1.92. The van der Waals surface area contributed by atoms with Crippen LogP contribution in [0.15, 0.2) is 29.3 Å². The minimum Gasteiger partial charge on any atom is -0.289 e. The summed E-state index contributed by atoms with van der Waals surface area (Å²) < 4.78 is 0. The molecule has 0 bridgehead atoms. The minimum absolute atomic E-state index is 0.109. The molecule has 0 atom stereocenters. The molecule has 0 saturated heterocycles. The van der Waals surface area contributed by atoms with Gasteiger partial charge in [-0.05, 0) is 6.07 Å². The summed E-state index contributed by atoms with van der Waals surface area (Å²) in [5.41, 5.74) is 0.548. The molecule has 0 aliphatic heterocycles. The Morgan fingerprint density at radius 1 is 1.27 bits per heavy atom. The van der Waals surface area contributed by atoms with E-state index in [-0.39, 0.29) is 21.7 Å². The molecule has 0 saturated carbocycles. The predicted octanol–water partition coefficient (Wildman–Crippen LogP) is 2.06. The molecule has 0 spiro atoms. The smallest absolute Gasteiger partial charge is 0.205 e. The van der Waals surface area contributed by atoms with Crippen molar-refractivity contribution in [3.8, 4) is 6.07 Å². The highest BCUT2D eigenvalue weighted by molar-refractivity contribution is 6.49. The zero-order chi connectivity index (χ0) is 11.0. The lowest BCUT2D eigenvalue weighted by Crippen LogP contribution is -2.15. The molecule has 0 unspecified atom stereocenters. The number of benzene rings is 1. The number of nitrogens with zero attached hydrogens (tertiary/aromatic N) is 1. The number of carbonyl (C=O) groups excluding carboxylic acids is 2. The molecule has 1 aliphatic carbocycles. The first-order valence-corrected chi connectivity index (χ1v) is 4.52. The number of halogens is 1. The maximum atomic E-state index is 11.6. The van der Waals surface area contributed by atoms with Gasteiger partial charge in [0, 0.05) is 11.6 Å². The first-order chi connectivity index (χ1) is 7.15. The largest absolute Gasteiger partial charge is 0.289 e. The van der Waals surface area contributed by atoms with Gasteiger partial charge in [0.25, 0.3) is 0 Å². The molecule has 1 aromatic rings. The van der Waals surface area contributed by atoms with Crippen molar-refractivity contribution in [1.82, 2.24) is 0 Å². The van der Waals surface area contributed by atoms with Gasteiger partial charge in [-0.2, -0.15) is 5.26 Å². The van der Waals surface area contributed by atoms with Crippen LogP contribution in [-0.4, -0.2) is 11.6 Å². The predicted molar refractivity (Wildman–Crippen MR) is 53.8 cm³/mol. The Morgan fingerprint density at radius 3 is 2.67 bits per heavy atom. The third-order valence-electron chi connectivity index (χ3n) is 2.15. The van der Waals surface area contributed by atoms with E-state index >= 15 is 0 Å². The second kappa shape index (κ2) is 3.34. The molecule has 2 rings (SSSR count). The standard InChI is InChI=1S/C11H4ClNO2/c12-8-4-9(14)10-6(5-13)2-1-3-7(10)11(8)15/h1-4H. The van der Waals surface area contributed by atoms with Crippen LogP contribution in [0.1, 0.15) is 26.3 Å². The minimum atomic E-state index is -0.414. The summed E-state index contributed by atoms with van der Waals surface area (Å²) in [7, 11) is 0. The van der Waals surface area contributed by atoms with Crippen molar-refractivity contribution in [1.29, 1.82) is 5.26 Å². The first-order valence-electron chi connectivity index (χ1n) is 4.14. The van der Waals surface area contributed by atoms with Gasteiger partial charge in [-0.25, -0.2) is 0 Å². The van der Waals surface area contributed by atoms with Crippen LogP contribution in [0, 0.1) is 11.3 Å². The average Bonchev–Trinajstić information content (AvgIpc) is 2.25. The highest BCUT2D eigenvalue weighted by Crippen LogP contribution is 2.25. The van der Waals surface area contributed by atoms with Crippen LogP contribution in [0.2, 0.25) is 0 Å². The van der Waals surface area contributed by atoms with Gasteiger partial charge in [0.15, 0.2) is 5.78 Å². The Morgan fingerprint density at radius 2 is 2.00 bits per heavy atom. The van der Waals surface area contributed by atoms with E-state index in [1.54, 1.807) is 6.07 Å². The lowest BCUT2D eigenvalue weighted by atomic mass is 9.91. The maximum absolute atomic E-state index is 11.6. The van der Waals surface area contributed by atoms with Crippen molar-refractivity contribution in [2.75, 3.05) is 0 Å². The summed E-state index contributed by atoms with van der Waals surface area (Å²) >= 11 is 5.59. The number of Topliss-reactive ketones (excluding diaryl/α,β-unsaturated/α-hetero) is 1. The number of nitriles is 1. The monoisotopic (exact) mass is 217 g/mol. The fraction of sp³-hybridized carbons (Fsp3) is 0. The van der Waals surface area contributed by atoms with Crippen molar-refractivity contribution >= 4 is 23.2 Å². The van der Waals surface area contributed by atoms with Gasteiger partial charge in [-0.1, -0.05) is 23.7 Å². The second-order valence-electron chi connectivity index (χ2n) is 3.03. The summed E-state index contributed by atoms with van der Waals surface area (Å²) in [6, 6.07) is 6.42. The van der Waals surface area contributed by atoms with Crippen molar-refractivity contribution in [2.24, 2.45) is 0 Å². The van der Waals surface area contributed by atoms with Gasteiger partial charge in [-0.15, -0.1) is 0 Å². The molecule has 0 amide bonds. The van der Waals surface area contributed by atoms with Crippen LogP contribution in [0.5, 0.6) is 0 Å². The number of allylic oxidation sites excluding steroid dienone is 2. The SMILES string of the molecule is N#Cc1cccc2c1C(=O)C=C(Cl)C2=O. The highest BCUT2D eigenvalue weighted by atomic mass is 35.5. The van der Waals surface area contributed by atoms with Gasteiger partial charge in [0.05, 0.1) is 22.2 Å². The van der Waals surface area contributed by atoms with E-state index in [9.17, 15) is 9.59 Å². The van der Waals surface area contributed by atoms with Gasteiger partial charge < -0.3 is 0 Å². The van der Waals surface area contributed by atoms with E-state index in [2.05, 4.69) is 0 Å². The number of fused-ring (bicyclic) bond motifs is 1. The van der Waals surface area contributed by atoms with Crippen molar-refractivity contribution in [3.05, 3.63) is 46.0 Å². The lowest BCUT2D eigenvalue weighted by molar-refractivity contribution is 0.0990. The lowest BCUT2D eigenvalue weighted by Gasteiger charge is -2.11. The number of hydrogen-bond acceptors (Lipinski definition) is 3. The molecule has 1 aromatic carbocycles. The zero-order valence-corrected chi connectivity index (χ0v) is 8.21. The summed E-state index contributed by atoms with van der Waals surface area (Å²) in [6.45, 7) is 0. The fourth-order valence-corrected chi connectivity index (χ4v) is 1.68. The molecule has 3 nitrogen and oxygen atoms in total. The number of ketones is 2. The molecule has 1 aliphatic rings. The Balaban J connectivity index is 2.78. The first kappa shape index (κ1) is 9.63. The number of hydrogen-bond donors (Lipinski definition) is 0. The van der Waals surface area contributed by atoms with Crippen molar-refractivity contribution in [2.45, 2.75) is 0 Å². The number of carbonyl (C=O) groups is 2. The topological polar surface area (TPSA) is 57.9 Å². The molecule has 15 heavy (non-hydrogen) atoms. The zero-order valence-electron chi connectivity index (χ0n) is 7.45. The van der Waals surface area contributed by atoms with Crippen LogP contribution in [0.4, 0.5) is 0 Å². The summed E-state index contributed by atoms with van der Waals surface area (Å²) in [5, 5.41) is 8.69. The molecular formula is C11H4ClNO2. The molecule has 4 heteroatoms.